The average Bonchev–Trinajstić information content (AvgIpc) is 3.16. The van der Waals surface area contributed by atoms with Gasteiger partial charge in [0.15, 0.2) is 0 Å². The lowest BCUT2D eigenvalue weighted by molar-refractivity contribution is -0.144. The number of Topliss-reactive ketones (excluding diaryl/α,β-unsaturated/α-hetero) is 2. The number of nitrogens with two attached hydrogens (primary N) is 1. The van der Waals surface area contributed by atoms with Crippen LogP contribution in [0.4, 0.5) is 0 Å². The van der Waals surface area contributed by atoms with Crippen LogP contribution in [0.1, 0.15) is 45.6 Å². The van der Waals surface area contributed by atoms with Crippen molar-refractivity contribution in [2.45, 2.75) is 51.6 Å². The Labute approximate surface area is 180 Å². The monoisotopic (exact) mass is 428 g/mol. The van der Waals surface area contributed by atoms with E-state index in [1.807, 2.05) is 13.8 Å². The lowest BCUT2D eigenvalue weighted by Crippen LogP contribution is -2.60. The van der Waals surface area contributed by atoms with Crippen molar-refractivity contribution >= 4 is 28.4 Å². The number of ketones is 2. The maximum atomic E-state index is 13.5. The number of ether oxygens (including phenoxy) is 1. The lowest BCUT2D eigenvalue weighted by atomic mass is 9.79. The fourth-order valence-electron chi connectivity index (χ4n) is 4.56. The van der Waals surface area contributed by atoms with Gasteiger partial charge in [0, 0.05) is 25.2 Å². The Bertz CT molecular complexity index is 1090. The summed E-state index contributed by atoms with van der Waals surface area (Å²) in [5.41, 5.74) is 4.15. The minimum Gasteiger partial charge on any atom is -0.489 e. The van der Waals surface area contributed by atoms with Crippen molar-refractivity contribution in [2.75, 3.05) is 13.7 Å². The molecule has 8 heteroatoms. The van der Waals surface area contributed by atoms with Crippen molar-refractivity contribution in [3.8, 4) is 5.75 Å². The summed E-state index contributed by atoms with van der Waals surface area (Å²) in [6.45, 7) is 5.30. The van der Waals surface area contributed by atoms with E-state index in [4.69, 9.17) is 14.9 Å². The van der Waals surface area contributed by atoms with Crippen LogP contribution >= 0.6 is 0 Å². The van der Waals surface area contributed by atoms with Crippen LogP contribution in [0.25, 0.3) is 11.0 Å². The van der Waals surface area contributed by atoms with Gasteiger partial charge in [-0.15, -0.1) is 0 Å². The van der Waals surface area contributed by atoms with E-state index < -0.39 is 34.7 Å². The molecule has 3 rings (SSSR count). The molecule has 1 radical (unpaired) electrons. The highest BCUT2D eigenvalue weighted by Crippen LogP contribution is 2.45. The number of hydrogen-bond acceptors (Lipinski definition) is 7. The Balaban J connectivity index is 2.36. The topological polar surface area (TPSA) is 123 Å². The van der Waals surface area contributed by atoms with Crippen molar-refractivity contribution in [3.63, 3.8) is 0 Å². The molecule has 0 spiro atoms. The standard InChI is InChI=1S/C23H28N2O6/c1-13(2)12-16(24)21(28)25-11-7-10-23(25,20(27)14(3)26)18-15-8-5-6-9-17(15)31-22(29)19(18)30-4/h5-6,8-9,13,16H,7,10-12,24H2,1-4H3/q+1/t16-,23+/m0/s1. The number of amides is 1. The Morgan fingerprint density at radius 3 is 2.55 bits per heavy atom. The fourth-order valence-corrected chi connectivity index (χ4v) is 4.56. The Morgan fingerprint density at radius 1 is 1.26 bits per heavy atom. The minimum atomic E-state index is -1.68. The highest BCUT2D eigenvalue weighted by molar-refractivity contribution is 6.40. The molecule has 2 aromatic rings. The number of carbonyl (C=O) groups is 3. The van der Waals surface area contributed by atoms with Crippen LogP contribution < -0.4 is 21.0 Å². The van der Waals surface area contributed by atoms with E-state index in [1.54, 1.807) is 24.3 Å². The average molecular weight is 428 g/mol. The molecule has 2 heterocycles. The second kappa shape index (κ2) is 8.72. The highest BCUT2D eigenvalue weighted by atomic mass is 16.5. The largest absolute Gasteiger partial charge is 0.489 e. The van der Waals surface area contributed by atoms with E-state index in [1.165, 1.54) is 18.9 Å². The van der Waals surface area contributed by atoms with E-state index in [-0.39, 0.29) is 35.8 Å². The highest BCUT2D eigenvalue weighted by Gasteiger charge is 2.64. The van der Waals surface area contributed by atoms with Crippen molar-refractivity contribution in [1.82, 2.24) is 4.90 Å². The summed E-state index contributed by atoms with van der Waals surface area (Å²) in [5, 5.41) is 0.436. The first-order chi connectivity index (χ1) is 14.6. The third-order valence-corrected chi connectivity index (χ3v) is 5.77. The third kappa shape index (κ3) is 3.81. The maximum Gasteiger partial charge on any atom is 0.379 e. The zero-order valence-electron chi connectivity index (χ0n) is 18.3. The molecule has 1 fully saturated rings. The molecule has 2 atom stereocenters. The molecule has 2 N–H and O–H groups in total. The molecule has 0 aliphatic carbocycles. The smallest absolute Gasteiger partial charge is 0.379 e. The van der Waals surface area contributed by atoms with Crippen molar-refractivity contribution < 1.29 is 23.5 Å². The number of fused-ring (bicyclic) bond motifs is 1. The van der Waals surface area contributed by atoms with Crippen LogP contribution in [-0.4, -0.2) is 37.2 Å². The zero-order chi connectivity index (χ0) is 22.9. The molecular formula is C23H28N2O6+. The molecule has 165 valence electrons. The van der Waals surface area contributed by atoms with Gasteiger partial charge in [0.1, 0.15) is 18.2 Å². The quantitative estimate of drug-likeness (QED) is 0.406. The number of hydrogen-bond donors (Lipinski definition) is 1. The molecule has 0 saturated carbocycles. The first-order valence-electron chi connectivity index (χ1n) is 10.4. The van der Waals surface area contributed by atoms with Crippen molar-refractivity contribution in [2.24, 2.45) is 11.7 Å². The first kappa shape index (κ1) is 22.8. The predicted molar refractivity (Wildman–Crippen MR) is 115 cm³/mol. The molecule has 1 aromatic heterocycles. The van der Waals surface area contributed by atoms with E-state index in [0.29, 0.717) is 18.2 Å². The molecule has 0 unspecified atom stereocenters. The van der Waals surface area contributed by atoms with Gasteiger partial charge in [-0.25, -0.2) is 9.59 Å². The number of carbonyl (C=O) groups excluding carboxylic acids is 3. The van der Waals surface area contributed by atoms with Crippen LogP contribution in [0.5, 0.6) is 5.75 Å². The van der Waals surface area contributed by atoms with E-state index in [9.17, 15) is 19.2 Å². The minimum absolute atomic E-state index is 0.165. The van der Waals surface area contributed by atoms with Gasteiger partial charge in [0.05, 0.1) is 12.7 Å². The molecule has 1 aliphatic heterocycles. The molecule has 1 amide bonds. The SMILES string of the molecule is COc1c([C@@]2(C(=O)C(C)=O)CCC[N+]2C(=O)[C@@H](N)CC(C)C)c2ccccc2oc1=O. The molecule has 31 heavy (non-hydrogen) atoms. The summed E-state index contributed by atoms with van der Waals surface area (Å²) in [5.74, 6) is -1.94. The van der Waals surface area contributed by atoms with Crippen molar-refractivity contribution in [3.05, 3.63) is 40.2 Å². The van der Waals surface area contributed by atoms with Crippen molar-refractivity contribution in [1.29, 1.82) is 0 Å². The Morgan fingerprint density at radius 2 is 1.94 bits per heavy atom. The molecule has 8 nitrogen and oxygen atoms in total. The number of likely N-dealkylation sites (tertiary alicyclic amines) is 1. The number of benzene rings is 1. The summed E-state index contributed by atoms with van der Waals surface area (Å²) in [6.07, 6.45) is 1.07. The lowest BCUT2D eigenvalue weighted by Gasteiger charge is -2.29. The summed E-state index contributed by atoms with van der Waals surface area (Å²) >= 11 is 0. The van der Waals surface area contributed by atoms with E-state index in [0.717, 1.165) is 0 Å². The van der Waals surface area contributed by atoms with E-state index >= 15 is 0 Å². The third-order valence-electron chi connectivity index (χ3n) is 5.77. The second-order valence-electron chi connectivity index (χ2n) is 8.37. The molecule has 1 aromatic carbocycles. The van der Waals surface area contributed by atoms with Crippen LogP contribution in [0.3, 0.4) is 0 Å². The van der Waals surface area contributed by atoms with Crippen LogP contribution in [-0.2, 0) is 19.9 Å². The van der Waals surface area contributed by atoms with Gasteiger partial charge in [0.25, 0.3) is 5.78 Å². The van der Waals surface area contributed by atoms with Gasteiger partial charge >= 0.3 is 11.5 Å². The second-order valence-corrected chi connectivity index (χ2v) is 8.37. The van der Waals surface area contributed by atoms with Gasteiger partial charge in [-0.2, -0.15) is 0 Å². The van der Waals surface area contributed by atoms with Gasteiger partial charge in [-0.3, -0.25) is 9.59 Å². The van der Waals surface area contributed by atoms with Gasteiger partial charge in [0.2, 0.25) is 17.1 Å². The Kier molecular flexibility index (Phi) is 6.43. The van der Waals surface area contributed by atoms with Crippen LogP contribution in [0, 0.1) is 5.92 Å². The molecule has 0 bridgehead atoms. The molecular weight excluding hydrogens is 400 g/mol. The predicted octanol–water partition coefficient (Wildman–Crippen LogP) is 1.99. The first-order valence-corrected chi connectivity index (χ1v) is 10.4. The zero-order valence-corrected chi connectivity index (χ0v) is 18.3. The van der Waals surface area contributed by atoms with Gasteiger partial charge in [-0.1, -0.05) is 36.9 Å². The van der Waals surface area contributed by atoms with E-state index in [2.05, 4.69) is 0 Å². The number of methoxy groups -OCH3 is 1. The van der Waals surface area contributed by atoms with Crippen LogP contribution in [0.2, 0.25) is 0 Å². The summed E-state index contributed by atoms with van der Waals surface area (Å²) < 4.78 is 10.7. The summed E-state index contributed by atoms with van der Waals surface area (Å²) in [7, 11) is 1.29. The maximum absolute atomic E-state index is 13.5. The normalized spacial score (nSPS) is 20.2. The number of para-hydroxylation sites is 1. The van der Waals surface area contributed by atoms with Gasteiger partial charge < -0.3 is 14.9 Å². The van der Waals surface area contributed by atoms with Gasteiger partial charge in [-0.05, 0) is 18.4 Å². The summed E-state index contributed by atoms with van der Waals surface area (Å²) in [6, 6.07) is 5.85. The Hall–Kier alpha value is -2.84. The number of nitrogens with zero attached hydrogens (tertiary/aromatic N) is 1. The summed E-state index contributed by atoms with van der Waals surface area (Å²) in [4.78, 5) is 53.4. The number of rotatable bonds is 7. The molecule has 1 saturated heterocycles. The fraction of sp³-hybridized carbons (Fsp3) is 0.478. The molecule has 1 aliphatic rings. The van der Waals surface area contributed by atoms with Crippen LogP contribution in [0.15, 0.2) is 33.5 Å².